The Labute approximate surface area is 222 Å². The maximum absolute atomic E-state index is 13.7. The zero-order valence-electron chi connectivity index (χ0n) is 18.9. The normalized spacial score (nSPS) is 13.3. The molecule has 0 aliphatic carbocycles. The second kappa shape index (κ2) is 10.6. The minimum atomic E-state index is -0.943. The van der Waals surface area contributed by atoms with Gasteiger partial charge in [0.1, 0.15) is 12.4 Å². The molecule has 0 atom stereocenters. The Morgan fingerprint density at radius 1 is 0.806 bits per heavy atom. The molecule has 1 aliphatic rings. The van der Waals surface area contributed by atoms with Crippen molar-refractivity contribution in [3.63, 3.8) is 0 Å². The lowest BCUT2D eigenvalue weighted by Crippen LogP contribution is -2.21. The van der Waals surface area contributed by atoms with Gasteiger partial charge in [-0.25, -0.2) is 8.78 Å². The van der Waals surface area contributed by atoms with E-state index in [0.29, 0.717) is 37.7 Å². The highest BCUT2D eigenvalue weighted by atomic mass is 35.5. The van der Waals surface area contributed by atoms with Crippen LogP contribution in [0.4, 0.5) is 14.6 Å². The highest BCUT2D eigenvalue weighted by molar-refractivity contribution is 6.36. The van der Waals surface area contributed by atoms with E-state index in [-0.39, 0.29) is 12.6 Å². The third-order valence-electron chi connectivity index (χ3n) is 5.95. The Balaban J connectivity index is 1.66. The van der Waals surface area contributed by atoms with Crippen molar-refractivity contribution in [1.29, 1.82) is 0 Å². The molecule has 0 N–H and O–H groups in total. The summed E-state index contributed by atoms with van der Waals surface area (Å²) in [6, 6.07) is 16.4. The number of rotatable bonds is 6. The third-order valence-corrected chi connectivity index (χ3v) is 6.75. The number of ether oxygens (including phenoxy) is 1. The predicted molar refractivity (Wildman–Crippen MR) is 140 cm³/mol. The average molecular weight is 547 g/mol. The van der Waals surface area contributed by atoms with Gasteiger partial charge in [-0.15, -0.1) is 0 Å². The Kier molecular flexibility index (Phi) is 7.28. The molecule has 9 heteroatoms. The van der Waals surface area contributed by atoms with Gasteiger partial charge in [0, 0.05) is 28.7 Å². The van der Waals surface area contributed by atoms with Crippen LogP contribution >= 0.6 is 34.8 Å². The molecule has 4 aromatic rings. The molecule has 0 unspecified atom stereocenters. The fourth-order valence-electron chi connectivity index (χ4n) is 4.19. The van der Waals surface area contributed by atoms with E-state index in [1.807, 2.05) is 24.3 Å². The molecule has 3 aromatic carbocycles. The summed E-state index contributed by atoms with van der Waals surface area (Å²) in [6.45, 7) is 1.62. The number of hydrogen-bond donors (Lipinski definition) is 0. The molecule has 1 fully saturated rings. The zero-order chi connectivity index (χ0) is 25.2. The fourth-order valence-corrected chi connectivity index (χ4v) is 4.81. The lowest BCUT2D eigenvalue weighted by Gasteiger charge is -2.23. The molecule has 5 rings (SSSR count). The topological polar surface area (TPSA) is 38.2 Å². The van der Waals surface area contributed by atoms with E-state index >= 15 is 0 Å². The SMILES string of the molecule is Fc1ccc(COc2nc(-c3ccc(Cl)cc3Cl)c(-c3ccc(Cl)cc3)c(N3CCCC3)n2)cc1F. The molecule has 4 nitrogen and oxygen atoms in total. The van der Waals surface area contributed by atoms with Crippen LogP contribution in [0.25, 0.3) is 22.4 Å². The Morgan fingerprint density at radius 2 is 1.53 bits per heavy atom. The number of halogens is 5. The first kappa shape index (κ1) is 24.8. The Hall–Kier alpha value is -2.93. The van der Waals surface area contributed by atoms with E-state index in [0.717, 1.165) is 49.2 Å². The second-order valence-electron chi connectivity index (χ2n) is 8.42. The molecule has 0 amide bonds. The molecule has 0 radical (unpaired) electrons. The van der Waals surface area contributed by atoms with Gasteiger partial charge in [0.15, 0.2) is 11.6 Å². The first-order valence-electron chi connectivity index (χ1n) is 11.3. The minimum absolute atomic E-state index is 0.0370. The summed E-state index contributed by atoms with van der Waals surface area (Å²) in [5, 5.41) is 1.54. The fraction of sp³-hybridized carbons (Fsp3) is 0.185. The largest absolute Gasteiger partial charge is 0.459 e. The van der Waals surface area contributed by atoms with E-state index < -0.39 is 11.6 Å². The van der Waals surface area contributed by atoms with Crippen molar-refractivity contribution in [1.82, 2.24) is 9.97 Å². The lowest BCUT2D eigenvalue weighted by atomic mass is 9.99. The van der Waals surface area contributed by atoms with Crippen LogP contribution < -0.4 is 9.64 Å². The quantitative estimate of drug-likeness (QED) is 0.244. The highest BCUT2D eigenvalue weighted by Crippen LogP contribution is 2.42. The summed E-state index contributed by atoms with van der Waals surface area (Å²) in [4.78, 5) is 11.7. The van der Waals surface area contributed by atoms with Gasteiger partial charge in [-0.1, -0.05) is 53.0 Å². The number of hydrogen-bond acceptors (Lipinski definition) is 4. The second-order valence-corrected chi connectivity index (χ2v) is 9.70. The van der Waals surface area contributed by atoms with E-state index in [1.54, 1.807) is 18.2 Å². The van der Waals surface area contributed by atoms with Gasteiger partial charge in [0.05, 0.1) is 16.3 Å². The van der Waals surface area contributed by atoms with Gasteiger partial charge in [0.25, 0.3) is 0 Å². The molecule has 1 aliphatic heterocycles. The van der Waals surface area contributed by atoms with Crippen molar-refractivity contribution in [2.45, 2.75) is 19.4 Å². The van der Waals surface area contributed by atoms with Crippen LogP contribution in [0.2, 0.25) is 15.1 Å². The van der Waals surface area contributed by atoms with Crippen LogP contribution in [0.15, 0.2) is 60.7 Å². The molecule has 0 bridgehead atoms. The maximum Gasteiger partial charge on any atom is 0.319 e. The predicted octanol–water partition coefficient (Wildman–Crippen LogP) is 8.23. The number of anilines is 1. The maximum atomic E-state index is 13.7. The van der Waals surface area contributed by atoms with E-state index in [2.05, 4.69) is 4.90 Å². The molecule has 0 spiro atoms. The summed E-state index contributed by atoms with van der Waals surface area (Å²) >= 11 is 18.9. The van der Waals surface area contributed by atoms with Crippen molar-refractivity contribution in [2.24, 2.45) is 0 Å². The zero-order valence-corrected chi connectivity index (χ0v) is 21.2. The summed E-state index contributed by atoms with van der Waals surface area (Å²) in [6.07, 6.45) is 2.07. The van der Waals surface area contributed by atoms with Crippen LogP contribution in [0.3, 0.4) is 0 Å². The first-order valence-corrected chi connectivity index (χ1v) is 12.5. The van der Waals surface area contributed by atoms with E-state index in [4.69, 9.17) is 49.5 Å². The van der Waals surface area contributed by atoms with Crippen molar-refractivity contribution in [3.05, 3.63) is 92.9 Å². The van der Waals surface area contributed by atoms with Crippen LogP contribution in [0, 0.1) is 11.6 Å². The van der Waals surface area contributed by atoms with Gasteiger partial charge in [-0.3, -0.25) is 0 Å². The molecular formula is C27H20Cl3F2N3O. The van der Waals surface area contributed by atoms with Crippen LogP contribution in [0.1, 0.15) is 18.4 Å². The van der Waals surface area contributed by atoms with Crippen molar-refractivity contribution >= 4 is 40.6 Å². The summed E-state index contributed by atoms with van der Waals surface area (Å²) in [5.74, 6) is -1.16. The monoisotopic (exact) mass is 545 g/mol. The molecule has 184 valence electrons. The van der Waals surface area contributed by atoms with E-state index in [1.165, 1.54) is 6.07 Å². The lowest BCUT2D eigenvalue weighted by molar-refractivity contribution is 0.280. The molecule has 0 saturated carbocycles. The van der Waals surface area contributed by atoms with Gasteiger partial charge in [0.2, 0.25) is 0 Å². The Morgan fingerprint density at radius 3 is 2.22 bits per heavy atom. The van der Waals surface area contributed by atoms with Gasteiger partial charge in [-0.05, 0) is 66.4 Å². The van der Waals surface area contributed by atoms with E-state index in [9.17, 15) is 8.78 Å². The molecule has 1 aromatic heterocycles. The minimum Gasteiger partial charge on any atom is -0.459 e. The third kappa shape index (κ3) is 5.26. The first-order chi connectivity index (χ1) is 17.4. The number of nitrogens with zero attached hydrogens (tertiary/aromatic N) is 3. The molecule has 1 saturated heterocycles. The van der Waals surface area contributed by atoms with Gasteiger partial charge in [-0.2, -0.15) is 9.97 Å². The van der Waals surface area contributed by atoms with Crippen LogP contribution in [-0.4, -0.2) is 23.1 Å². The van der Waals surface area contributed by atoms with Gasteiger partial charge >= 0.3 is 6.01 Å². The van der Waals surface area contributed by atoms with Crippen LogP contribution in [0.5, 0.6) is 6.01 Å². The average Bonchev–Trinajstić information content (AvgIpc) is 3.40. The Bertz CT molecular complexity index is 1410. The molecular weight excluding hydrogens is 527 g/mol. The van der Waals surface area contributed by atoms with Crippen molar-refractivity contribution in [3.8, 4) is 28.4 Å². The molecule has 2 heterocycles. The number of aromatic nitrogens is 2. The molecule has 36 heavy (non-hydrogen) atoms. The summed E-state index contributed by atoms with van der Waals surface area (Å²) in [7, 11) is 0. The number of benzene rings is 3. The standard InChI is InChI=1S/C27H20Cl3F2N3O/c28-18-6-4-17(5-7-18)24-25(20-9-8-19(29)14-21(20)30)33-27(34-26(24)35-11-1-2-12-35)36-15-16-3-10-22(31)23(32)13-16/h3-10,13-14H,1-2,11-12,15H2. The summed E-state index contributed by atoms with van der Waals surface area (Å²) in [5.41, 5.74) is 3.34. The summed E-state index contributed by atoms with van der Waals surface area (Å²) < 4.78 is 32.9. The highest BCUT2D eigenvalue weighted by Gasteiger charge is 2.25. The van der Waals surface area contributed by atoms with Gasteiger partial charge < -0.3 is 9.64 Å². The smallest absolute Gasteiger partial charge is 0.319 e. The van der Waals surface area contributed by atoms with Crippen molar-refractivity contribution in [2.75, 3.05) is 18.0 Å². The van der Waals surface area contributed by atoms with Crippen molar-refractivity contribution < 1.29 is 13.5 Å². The van der Waals surface area contributed by atoms with Crippen LogP contribution in [-0.2, 0) is 6.61 Å².